The number of nitrogens with zero attached hydrogens (tertiary/aromatic N) is 1. The Morgan fingerprint density at radius 2 is 1.47 bits per heavy atom. The molecule has 0 radical (unpaired) electrons. The van der Waals surface area contributed by atoms with Gasteiger partial charge in [0.05, 0.1) is 13.2 Å². The molecular formula is C15H34N2O2. The topological polar surface area (TPSA) is 33.7 Å². The Hall–Kier alpha value is -0.160. The van der Waals surface area contributed by atoms with E-state index in [1.165, 1.54) is 0 Å². The quantitative estimate of drug-likeness (QED) is 0.522. The Balaban J connectivity index is 4.20. The van der Waals surface area contributed by atoms with Gasteiger partial charge in [-0.2, -0.15) is 0 Å². The highest BCUT2D eigenvalue weighted by Crippen LogP contribution is 2.04. The molecule has 0 saturated heterocycles. The maximum absolute atomic E-state index is 5.49. The highest BCUT2D eigenvalue weighted by molar-refractivity contribution is 4.74. The van der Waals surface area contributed by atoms with Gasteiger partial charge in [-0.05, 0) is 20.3 Å². The van der Waals surface area contributed by atoms with Gasteiger partial charge in [-0.3, -0.25) is 4.90 Å². The van der Waals surface area contributed by atoms with E-state index < -0.39 is 0 Å². The van der Waals surface area contributed by atoms with Crippen molar-refractivity contribution < 1.29 is 9.47 Å². The minimum atomic E-state index is 0.537. The predicted molar refractivity (Wildman–Crippen MR) is 81.8 cm³/mol. The van der Waals surface area contributed by atoms with Crippen molar-refractivity contribution in [2.24, 2.45) is 0 Å². The fourth-order valence-corrected chi connectivity index (χ4v) is 2.03. The molecule has 0 aromatic rings. The van der Waals surface area contributed by atoms with Gasteiger partial charge in [-0.15, -0.1) is 0 Å². The lowest BCUT2D eigenvalue weighted by Crippen LogP contribution is -2.46. The molecule has 0 heterocycles. The summed E-state index contributed by atoms with van der Waals surface area (Å²) < 4.78 is 11.0. The Morgan fingerprint density at radius 1 is 0.947 bits per heavy atom. The second-order valence-electron chi connectivity index (χ2n) is 5.05. The number of hydrogen-bond acceptors (Lipinski definition) is 4. The number of hydrogen-bond donors (Lipinski definition) is 1. The predicted octanol–water partition coefficient (Wildman–Crippen LogP) is 2.14. The first-order valence-corrected chi connectivity index (χ1v) is 7.78. The lowest BCUT2D eigenvalue weighted by molar-refractivity contribution is 0.0610. The minimum absolute atomic E-state index is 0.537. The molecular weight excluding hydrogens is 240 g/mol. The first-order valence-electron chi connectivity index (χ1n) is 7.78. The Morgan fingerprint density at radius 3 is 1.84 bits per heavy atom. The molecule has 4 nitrogen and oxygen atoms in total. The molecule has 0 aliphatic carbocycles. The van der Waals surface area contributed by atoms with Crippen LogP contribution in [0.1, 0.15) is 41.0 Å². The third kappa shape index (κ3) is 10.3. The average molecular weight is 274 g/mol. The Bertz CT molecular complexity index is 179. The summed E-state index contributed by atoms with van der Waals surface area (Å²) >= 11 is 0. The lowest BCUT2D eigenvalue weighted by atomic mass is 10.1. The van der Waals surface area contributed by atoms with Crippen molar-refractivity contribution in [1.82, 2.24) is 10.2 Å². The van der Waals surface area contributed by atoms with Crippen LogP contribution in [0.25, 0.3) is 0 Å². The van der Waals surface area contributed by atoms with Crippen LogP contribution >= 0.6 is 0 Å². The first-order chi connectivity index (χ1) is 9.15. The lowest BCUT2D eigenvalue weighted by Gasteiger charge is -2.31. The highest BCUT2D eigenvalue weighted by Gasteiger charge is 2.16. The number of rotatable bonds is 13. The van der Waals surface area contributed by atoms with Gasteiger partial charge in [0.25, 0.3) is 0 Å². The van der Waals surface area contributed by atoms with Gasteiger partial charge in [0, 0.05) is 44.9 Å². The Kier molecular flexibility index (Phi) is 12.7. The molecule has 1 atom stereocenters. The smallest absolute Gasteiger partial charge is 0.0593 e. The van der Waals surface area contributed by atoms with Crippen molar-refractivity contribution in [2.45, 2.75) is 53.1 Å². The highest BCUT2D eigenvalue weighted by atomic mass is 16.5. The van der Waals surface area contributed by atoms with Crippen LogP contribution < -0.4 is 5.32 Å². The molecule has 0 fully saturated rings. The van der Waals surface area contributed by atoms with Crippen molar-refractivity contribution >= 4 is 0 Å². The third-order valence-electron chi connectivity index (χ3n) is 3.20. The van der Waals surface area contributed by atoms with Gasteiger partial charge in [-0.25, -0.2) is 0 Å². The van der Waals surface area contributed by atoms with E-state index in [0.29, 0.717) is 12.1 Å². The van der Waals surface area contributed by atoms with Crippen molar-refractivity contribution in [3.63, 3.8) is 0 Å². The zero-order chi connectivity index (χ0) is 14.5. The summed E-state index contributed by atoms with van der Waals surface area (Å²) in [6.45, 7) is 16.9. The van der Waals surface area contributed by atoms with Crippen LogP contribution in [0.4, 0.5) is 0 Å². The maximum Gasteiger partial charge on any atom is 0.0593 e. The van der Waals surface area contributed by atoms with E-state index in [2.05, 4.69) is 31.0 Å². The number of ether oxygens (including phenoxy) is 2. The van der Waals surface area contributed by atoms with Gasteiger partial charge >= 0.3 is 0 Å². The SMILES string of the molecule is CCOCCN(CCOCC)C(CC)CNC(C)C. The van der Waals surface area contributed by atoms with Crippen LogP contribution in [0.5, 0.6) is 0 Å². The summed E-state index contributed by atoms with van der Waals surface area (Å²) in [5, 5.41) is 3.53. The molecule has 1 unspecified atom stereocenters. The summed E-state index contributed by atoms with van der Waals surface area (Å²) in [4.78, 5) is 2.49. The summed E-state index contributed by atoms with van der Waals surface area (Å²) in [5.74, 6) is 0. The summed E-state index contributed by atoms with van der Waals surface area (Å²) in [6.07, 6.45) is 1.15. The van der Waals surface area contributed by atoms with Crippen LogP contribution in [0.15, 0.2) is 0 Å². The summed E-state index contributed by atoms with van der Waals surface area (Å²) in [6, 6.07) is 1.10. The number of nitrogens with one attached hydrogen (secondary N) is 1. The van der Waals surface area contributed by atoms with Crippen molar-refractivity contribution in [1.29, 1.82) is 0 Å². The molecule has 0 aromatic carbocycles. The fraction of sp³-hybridized carbons (Fsp3) is 1.00. The molecule has 0 aromatic heterocycles. The molecule has 0 aliphatic rings. The molecule has 0 spiro atoms. The van der Waals surface area contributed by atoms with Crippen molar-refractivity contribution in [3.05, 3.63) is 0 Å². The van der Waals surface area contributed by atoms with Crippen LogP contribution in [-0.2, 0) is 9.47 Å². The molecule has 0 rings (SSSR count). The largest absolute Gasteiger partial charge is 0.380 e. The maximum atomic E-state index is 5.49. The molecule has 19 heavy (non-hydrogen) atoms. The van der Waals surface area contributed by atoms with Gasteiger partial charge in [0.2, 0.25) is 0 Å². The molecule has 1 N–H and O–H groups in total. The van der Waals surface area contributed by atoms with Gasteiger partial charge < -0.3 is 14.8 Å². The van der Waals surface area contributed by atoms with E-state index in [-0.39, 0.29) is 0 Å². The van der Waals surface area contributed by atoms with Crippen LogP contribution in [-0.4, -0.2) is 63.0 Å². The van der Waals surface area contributed by atoms with Crippen molar-refractivity contribution in [3.8, 4) is 0 Å². The summed E-state index contributed by atoms with van der Waals surface area (Å²) in [5.41, 5.74) is 0. The van der Waals surface area contributed by atoms with E-state index in [1.54, 1.807) is 0 Å². The van der Waals surface area contributed by atoms with Crippen molar-refractivity contribution in [2.75, 3.05) is 46.1 Å². The Labute approximate surface area is 119 Å². The first kappa shape index (κ1) is 18.8. The van der Waals surface area contributed by atoms with E-state index in [1.807, 2.05) is 13.8 Å². The zero-order valence-electron chi connectivity index (χ0n) is 13.6. The second kappa shape index (κ2) is 12.9. The van der Waals surface area contributed by atoms with E-state index >= 15 is 0 Å². The van der Waals surface area contributed by atoms with E-state index in [0.717, 1.165) is 52.5 Å². The van der Waals surface area contributed by atoms with Gasteiger partial charge in [0.15, 0.2) is 0 Å². The molecule has 0 aliphatic heterocycles. The molecule has 4 heteroatoms. The average Bonchev–Trinajstić information content (AvgIpc) is 2.38. The molecule has 0 amide bonds. The van der Waals surface area contributed by atoms with E-state index in [9.17, 15) is 0 Å². The summed E-state index contributed by atoms with van der Waals surface area (Å²) in [7, 11) is 0. The van der Waals surface area contributed by atoms with Gasteiger partial charge in [-0.1, -0.05) is 20.8 Å². The standard InChI is InChI=1S/C15H34N2O2/c1-6-15(13-16-14(4)5)17(9-11-18-7-2)10-12-19-8-3/h14-16H,6-13H2,1-5H3. The molecule has 0 saturated carbocycles. The van der Waals surface area contributed by atoms with Crippen LogP contribution in [0, 0.1) is 0 Å². The molecule has 0 bridgehead atoms. The van der Waals surface area contributed by atoms with Crippen LogP contribution in [0.2, 0.25) is 0 Å². The van der Waals surface area contributed by atoms with Gasteiger partial charge in [0.1, 0.15) is 0 Å². The molecule has 116 valence electrons. The second-order valence-corrected chi connectivity index (χ2v) is 5.05. The third-order valence-corrected chi connectivity index (χ3v) is 3.20. The zero-order valence-corrected chi connectivity index (χ0v) is 13.6. The normalized spacial score (nSPS) is 13.4. The van der Waals surface area contributed by atoms with E-state index in [4.69, 9.17) is 9.47 Å². The van der Waals surface area contributed by atoms with Crippen LogP contribution in [0.3, 0.4) is 0 Å². The monoisotopic (exact) mass is 274 g/mol. The minimum Gasteiger partial charge on any atom is -0.380 e. The fourth-order valence-electron chi connectivity index (χ4n) is 2.03.